The zero-order valence-corrected chi connectivity index (χ0v) is 16.8. The Balaban J connectivity index is 1.83. The Kier molecular flexibility index (Phi) is 6.44. The van der Waals surface area contributed by atoms with Crippen LogP contribution in [0.15, 0.2) is 54.1 Å². The van der Waals surface area contributed by atoms with Gasteiger partial charge in [0.25, 0.3) is 11.8 Å². The summed E-state index contributed by atoms with van der Waals surface area (Å²) in [5, 5.41) is 3.14. The van der Waals surface area contributed by atoms with E-state index in [1.54, 1.807) is 36.4 Å². The Morgan fingerprint density at radius 1 is 1.11 bits per heavy atom. The van der Waals surface area contributed by atoms with Crippen molar-refractivity contribution in [3.63, 3.8) is 0 Å². The molecule has 3 rings (SSSR count). The first-order chi connectivity index (χ1) is 13.5. The number of nitrogens with zero attached hydrogens (tertiary/aromatic N) is 1. The van der Waals surface area contributed by atoms with Crippen LogP contribution in [-0.2, 0) is 9.59 Å². The Morgan fingerprint density at radius 2 is 1.79 bits per heavy atom. The van der Waals surface area contributed by atoms with Crippen LogP contribution in [0.2, 0.25) is 5.02 Å². The van der Waals surface area contributed by atoms with Gasteiger partial charge in [-0.05, 0) is 66.7 Å². The van der Waals surface area contributed by atoms with Crippen molar-refractivity contribution < 1.29 is 14.3 Å². The molecule has 0 aliphatic carbocycles. The van der Waals surface area contributed by atoms with Crippen LogP contribution in [0.3, 0.4) is 0 Å². The molecule has 7 heteroatoms. The summed E-state index contributed by atoms with van der Waals surface area (Å²) in [6.45, 7) is 2.76. The van der Waals surface area contributed by atoms with Gasteiger partial charge < -0.3 is 4.74 Å². The molecular weight excluding hydrogens is 396 g/mol. The average Bonchev–Trinajstić information content (AvgIpc) is 2.68. The number of unbranched alkanes of at least 4 members (excludes halogenated alkanes) is 1. The Morgan fingerprint density at radius 3 is 2.43 bits per heavy atom. The second kappa shape index (κ2) is 8.99. The monoisotopic (exact) mass is 414 g/mol. The zero-order valence-electron chi connectivity index (χ0n) is 15.3. The highest BCUT2D eigenvalue weighted by molar-refractivity contribution is 7.80. The van der Waals surface area contributed by atoms with Crippen molar-refractivity contribution in [2.75, 3.05) is 11.5 Å². The van der Waals surface area contributed by atoms with E-state index < -0.39 is 11.8 Å². The molecule has 0 unspecified atom stereocenters. The van der Waals surface area contributed by atoms with Gasteiger partial charge in [-0.2, -0.15) is 0 Å². The van der Waals surface area contributed by atoms with Crippen LogP contribution in [-0.4, -0.2) is 23.5 Å². The van der Waals surface area contributed by atoms with Gasteiger partial charge in [0.15, 0.2) is 5.11 Å². The molecule has 1 N–H and O–H groups in total. The number of halogens is 1. The van der Waals surface area contributed by atoms with Crippen molar-refractivity contribution in [3.05, 3.63) is 64.7 Å². The van der Waals surface area contributed by atoms with E-state index in [1.165, 1.54) is 11.0 Å². The fourth-order valence-corrected chi connectivity index (χ4v) is 3.05. The normalized spacial score (nSPS) is 15.7. The third kappa shape index (κ3) is 4.58. The van der Waals surface area contributed by atoms with E-state index in [1.807, 2.05) is 12.1 Å². The maximum atomic E-state index is 12.9. The summed E-state index contributed by atoms with van der Waals surface area (Å²) in [6.07, 6.45) is 3.59. The highest BCUT2D eigenvalue weighted by Crippen LogP contribution is 2.24. The smallest absolute Gasteiger partial charge is 0.270 e. The third-order valence-corrected chi connectivity index (χ3v) is 4.68. The standard InChI is InChI=1S/C21H19ClN2O3S/c1-2-3-12-27-17-10-4-14(5-11-17)13-18-19(25)23-21(28)24(20(18)26)16-8-6-15(22)7-9-16/h4-11,13H,2-3,12H2,1H3,(H,23,25,28). The van der Waals surface area contributed by atoms with Gasteiger partial charge in [0.05, 0.1) is 12.3 Å². The first-order valence-electron chi connectivity index (χ1n) is 8.89. The first kappa shape index (κ1) is 20.0. The molecule has 0 saturated carbocycles. The molecule has 144 valence electrons. The molecule has 1 fully saturated rings. The number of anilines is 1. The average molecular weight is 415 g/mol. The highest BCUT2D eigenvalue weighted by Gasteiger charge is 2.34. The summed E-state index contributed by atoms with van der Waals surface area (Å²) < 4.78 is 5.63. The van der Waals surface area contributed by atoms with Gasteiger partial charge in [-0.15, -0.1) is 0 Å². The van der Waals surface area contributed by atoms with Crippen LogP contribution in [0.1, 0.15) is 25.3 Å². The van der Waals surface area contributed by atoms with Crippen molar-refractivity contribution in [2.45, 2.75) is 19.8 Å². The van der Waals surface area contributed by atoms with Gasteiger partial charge in [-0.3, -0.25) is 19.8 Å². The molecule has 1 heterocycles. The SMILES string of the molecule is CCCCOc1ccc(C=C2C(=O)NC(=S)N(c3ccc(Cl)cc3)C2=O)cc1. The maximum absolute atomic E-state index is 12.9. The van der Waals surface area contributed by atoms with Crippen LogP contribution in [0.25, 0.3) is 6.08 Å². The largest absolute Gasteiger partial charge is 0.494 e. The van der Waals surface area contributed by atoms with E-state index in [0.29, 0.717) is 22.9 Å². The molecule has 0 aromatic heterocycles. The van der Waals surface area contributed by atoms with Crippen LogP contribution >= 0.6 is 23.8 Å². The molecule has 0 atom stereocenters. The van der Waals surface area contributed by atoms with Gasteiger partial charge in [-0.1, -0.05) is 37.1 Å². The summed E-state index contributed by atoms with van der Waals surface area (Å²) in [7, 11) is 0. The number of hydrogen-bond donors (Lipinski definition) is 1. The third-order valence-electron chi connectivity index (χ3n) is 4.14. The molecule has 0 bridgehead atoms. The number of rotatable bonds is 6. The van der Waals surface area contributed by atoms with Crippen LogP contribution in [0.4, 0.5) is 5.69 Å². The molecular formula is C21H19ClN2O3S. The number of hydrogen-bond acceptors (Lipinski definition) is 4. The lowest BCUT2D eigenvalue weighted by atomic mass is 10.1. The summed E-state index contributed by atoms with van der Waals surface area (Å²) in [4.78, 5) is 26.5. The minimum atomic E-state index is -0.525. The van der Waals surface area contributed by atoms with Crippen LogP contribution in [0.5, 0.6) is 5.75 Å². The van der Waals surface area contributed by atoms with E-state index in [4.69, 9.17) is 28.6 Å². The Hall–Kier alpha value is -2.70. The summed E-state index contributed by atoms with van der Waals surface area (Å²) in [5.41, 5.74) is 1.25. The molecule has 0 spiro atoms. The predicted octanol–water partition coefficient (Wildman–Crippen LogP) is 4.35. The molecule has 2 aromatic rings. The fourth-order valence-electron chi connectivity index (χ4n) is 2.64. The minimum Gasteiger partial charge on any atom is -0.494 e. The van der Waals surface area contributed by atoms with E-state index in [-0.39, 0.29) is 10.7 Å². The number of ether oxygens (including phenoxy) is 1. The molecule has 0 radical (unpaired) electrons. The molecule has 5 nitrogen and oxygen atoms in total. The van der Waals surface area contributed by atoms with Crippen LogP contribution in [0, 0.1) is 0 Å². The quantitative estimate of drug-likeness (QED) is 0.330. The molecule has 1 aliphatic heterocycles. The van der Waals surface area contributed by atoms with Crippen molar-refractivity contribution in [2.24, 2.45) is 0 Å². The van der Waals surface area contributed by atoms with E-state index in [2.05, 4.69) is 12.2 Å². The number of benzene rings is 2. The summed E-state index contributed by atoms with van der Waals surface area (Å²) in [6, 6.07) is 13.9. The number of carbonyl (C=O) groups excluding carboxylic acids is 2. The molecule has 1 aliphatic rings. The van der Waals surface area contributed by atoms with Gasteiger partial charge in [0, 0.05) is 5.02 Å². The zero-order chi connectivity index (χ0) is 20.1. The van der Waals surface area contributed by atoms with Gasteiger partial charge in [0.2, 0.25) is 0 Å². The Labute approximate surface area is 173 Å². The number of amides is 2. The van der Waals surface area contributed by atoms with E-state index in [0.717, 1.165) is 18.6 Å². The first-order valence-corrected chi connectivity index (χ1v) is 9.68. The lowest BCUT2D eigenvalue weighted by Crippen LogP contribution is -2.54. The second-order valence-electron chi connectivity index (χ2n) is 6.21. The topological polar surface area (TPSA) is 58.6 Å². The predicted molar refractivity (Wildman–Crippen MR) is 115 cm³/mol. The van der Waals surface area contributed by atoms with Crippen molar-refractivity contribution in [1.82, 2.24) is 5.32 Å². The van der Waals surface area contributed by atoms with Crippen LogP contribution < -0.4 is 15.0 Å². The second-order valence-corrected chi connectivity index (χ2v) is 7.03. The van der Waals surface area contributed by atoms with Crippen molar-refractivity contribution in [1.29, 1.82) is 0 Å². The van der Waals surface area contributed by atoms with Gasteiger partial charge in [0.1, 0.15) is 11.3 Å². The Bertz CT molecular complexity index is 924. The van der Waals surface area contributed by atoms with Gasteiger partial charge in [-0.25, -0.2) is 0 Å². The minimum absolute atomic E-state index is 0.00296. The van der Waals surface area contributed by atoms with E-state index in [9.17, 15) is 9.59 Å². The number of carbonyl (C=O) groups is 2. The summed E-state index contributed by atoms with van der Waals surface area (Å²) >= 11 is 11.1. The molecule has 2 amide bonds. The number of thiocarbonyl (C=S) groups is 1. The van der Waals surface area contributed by atoms with E-state index >= 15 is 0 Å². The molecule has 1 saturated heterocycles. The maximum Gasteiger partial charge on any atom is 0.270 e. The fraction of sp³-hybridized carbons (Fsp3) is 0.190. The molecule has 28 heavy (non-hydrogen) atoms. The summed E-state index contributed by atoms with van der Waals surface area (Å²) in [5.74, 6) is -0.262. The lowest BCUT2D eigenvalue weighted by molar-refractivity contribution is -0.122. The number of nitrogens with one attached hydrogen (secondary N) is 1. The molecule has 2 aromatic carbocycles. The van der Waals surface area contributed by atoms with Crippen molar-refractivity contribution in [3.8, 4) is 5.75 Å². The lowest BCUT2D eigenvalue weighted by Gasteiger charge is -2.28. The van der Waals surface area contributed by atoms with Gasteiger partial charge >= 0.3 is 0 Å². The highest BCUT2D eigenvalue weighted by atomic mass is 35.5. The van der Waals surface area contributed by atoms with Crippen molar-refractivity contribution >= 4 is 52.5 Å².